The van der Waals surface area contributed by atoms with Gasteiger partial charge < -0.3 is 19.9 Å². The first-order valence-corrected chi connectivity index (χ1v) is 9.46. The molecule has 7 nitrogen and oxygen atoms in total. The van der Waals surface area contributed by atoms with Crippen LogP contribution in [-0.2, 0) is 9.53 Å². The second-order valence-corrected chi connectivity index (χ2v) is 7.28. The van der Waals surface area contributed by atoms with Crippen molar-refractivity contribution in [1.82, 2.24) is 15.3 Å². The van der Waals surface area contributed by atoms with Crippen molar-refractivity contribution in [2.45, 2.75) is 25.7 Å². The molecule has 3 fully saturated rings. The Balaban J connectivity index is 1.36. The highest BCUT2D eigenvalue weighted by atomic mass is 16.5. The summed E-state index contributed by atoms with van der Waals surface area (Å²) >= 11 is 0. The number of carbonyl (C=O) groups excluding carboxylic acids is 1. The number of hydrogen-bond acceptors (Lipinski definition) is 6. The predicted molar refractivity (Wildman–Crippen MR) is 95.7 cm³/mol. The van der Waals surface area contributed by atoms with Crippen LogP contribution in [0.1, 0.15) is 25.7 Å². The molecule has 0 spiro atoms. The van der Waals surface area contributed by atoms with Gasteiger partial charge in [0.1, 0.15) is 6.33 Å². The molecule has 1 N–H and O–H groups in total. The van der Waals surface area contributed by atoms with E-state index in [0.717, 1.165) is 76.2 Å². The third-order valence-electron chi connectivity index (χ3n) is 5.45. The predicted octanol–water partition coefficient (Wildman–Crippen LogP) is 1.06. The molecule has 0 bridgehead atoms. The molecule has 3 aliphatic rings. The molecular weight excluding hydrogens is 318 g/mol. The van der Waals surface area contributed by atoms with Gasteiger partial charge in [-0.3, -0.25) is 4.79 Å². The van der Waals surface area contributed by atoms with Gasteiger partial charge in [-0.15, -0.1) is 0 Å². The van der Waals surface area contributed by atoms with Crippen molar-refractivity contribution < 1.29 is 9.53 Å². The van der Waals surface area contributed by atoms with Gasteiger partial charge in [0.2, 0.25) is 5.91 Å². The van der Waals surface area contributed by atoms with E-state index in [1.807, 2.05) is 6.20 Å². The summed E-state index contributed by atoms with van der Waals surface area (Å²) in [7, 11) is 0. The Hall–Kier alpha value is -1.89. The zero-order valence-electron chi connectivity index (χ0n) is 14.7. The number of nitrogens with zero attached hydrogens (tertiary/aromatic N) is 4. The molecule has 2 saturated heterocycles. The number of amides is 1. The molecular formula is C18H27N5O2. The highest BCUT2D eigenvalue weighted by Crippen LogP contribution is 2.31. The first kappa shape index (κ1) is 16.6. The Bertz CT molecular complexity index is 593. The maximum atomic E-state index is 12.3. The summed E-state index contributed by atoms with van der Waals surface area (Å²) < 4.78 is 5.45. The van der Waals surface area contributed by atoms with Crippen molar-refractivity contribution in [2.75, 3.05) is 55.7 Å². The minimum atomic E-state index is 0.145. The summed E-state index contributed by atoms with van der Waals surface area (Å²) in [4.78, 5) is 25.7. The molecule has 0 aromatic carbocycles. The average molecular weight is 345 g/mol. The molecule has 25 heavy (non-hydrogen) atoms. The number of aromatic nitrogens is 2. The van der Waals surface area contributed by atoms with Gasteiger partial charge in [0.25, 0.3) is 0 Å². The maximum absolute atomic E-state index is 12.3. The molecule has 0 radical (unpaired) electrons. The topological polar surface area (TPSA) is 70.6 Å². The molecule has 0 atom stereocenters. The third kappa shape index (κ3) is 4.03. The van der Waals surface area contributed by atoms with Crippen molar-refractivity contribution in [2.24, 2.45) is 11.8 Å². The number of ether oxygens (including phenoxy) is 1. The van der Waals surface area contributed by atoms with Crippen LogP contribution in [0.4, 0.5) is 11.5 Å². The largest absolute Gasteiger partial charge is 0.378 e. The minimum Gasteiger partial charge on any atom is -0.378 e. The van der Waals surface area contributed by atoms with Crippen LogP contribution in [0.5, 0.6) is 0 Å². The first-order chi connectivity index (χ1) is 12.3. The summed E-state index contributed by atoms with van der Waals surface area (Å²) in [5.41, 5.74) is 1.08. The van der Waals surface area contributed by atoms with Gasteiger partial charge in [0.05, 0.1) is 25.1 Å². The van der Waals surface area contributed by atoms with Crippen molar-refractivity contribution in [3.8, 4) is 0 Å². The zero-order chi connectivity index (χ0) is 17.1. The number of hydrogen-bond donors (Lipinski definition) is 1. The summed E-state index contributed by atoms with van der Waals surface area (Å²) in [5.74, 6) is 2.12. The monoisotopic (exact) mass is 345 g/mol. The third-order valence-corrected chi connectivity index (χ3v) is 5.45. The van der Waals surface area contributed by atoms with Crippen LogP contribution in [0.15, 0.2) is 12.5 Å². The van der Waals surface area contributed by atoms with E-state index in [9.17, 15) is 4.79 Å². The van der Waals surface area contributed by atoms with Crippen LogP contribution < -0.4 is 15.1 Å². The number of carbonyl (C=O) groups is 1. The van der Waals surface area contributed by atoms with E-state index >= 15 is 0 Å². The van der Waals surface area contributed by atoms with E-state index in [-0.39, 0.29) is 11.8 Å². The number of morpholine rings is 1. The van der Waals surface area contributed by atoms with Crippen LogP contribution in [0.3, 0.4) is 0 Å². The van der Waals surface area contributed by atoms with Gasteiger partial charge in [-0.1, -0.05) is 0 Å². The van der Waals surface area contributed by atoms with E-state index in [1.54, 1.807) is 6.33 Å². The summed E-state index contributed by atoms with van der Waals surface area (Å²) in [6, 6.07) is 0. The minimum absolute atomic E-state index is 0.145. The average Bonchev–Trinajstić information content (AvgIpc) is 3.51. The van der Waals surface area contributed by atoms with Gasteiger partial charge in [-0.2, -0.15) is 0 Å². The molecule has 4 rings (SSSR count). The van der Waals surface area contributed by atoms with Crippen molar-refractivity contribution >= 4 is 17.4 Å². The van der Waals surface area contributed by atoms with Gasteiger partial charge in [-0.25, -0.2) is 9.97 Å². The number of piperidine rings is 1. The lowest BCUT2D eigenvalue weighted by atomic mass is 9.95. The fraction of sp³-hybridized carbons (Fsp3) is 0.722. The van der Waals surface area contributed by atoms with Gasteiger partial charge >= 0.3 is 0 Å². The van der Waals surface area contributed by atoms with Crippen LogP contribution in [0.25, 0.3) is 0 Å². The molecule has 1 saturated carbocycles. The van der Waals surface area contributed by atoms with Crippen molar-refractivity contribution in [3.05, 3.63) is 12.5 Å². The van der Waals surface area contributed by atoms with E-state index in [2.05, 4.69) is 25.1 Å². The Morgan fingerprint density at radius 2 is 1.88 bits per heavy atom. The lowest BCUT2D eigenvalue weighted by Crippen LogP contribution is -2.42. The Morgan fingerprint density at radius 3 is 2.60 bits per heavy atom. The number of rotatable bonds is 5. The normalized spacial score (nSPS) is 22.1. The maximum Gasteiger partial charge on any atom is 0.223 e. The van der Waals surface area contributed by atoms with E-state index in [0.29, 0.717) is 0 Å². The lowest BCUT2D eigenvalue weighted by Gasteiger charge is -2.36. The van der Waals surface area contributed by atoms with Crippen LogP contribution >= 0.6 is 0 Å². The Labute approximate surface area is 148 Å². The molecule has 2 aliphatic heterocycles. The SMILES string of the molecule is O=C(NCC1CC1)C1CCN(c2cncnc2N2CCOCC2)CC1. The van der Waals surface area contributed by atoms with Crippen molar-refractivity contribution in [3.63, 3.8) is 0 Å². The van der Waals surface area contributed by atoms with Crippen LogP contribution in [-0.4, -0.2) is 61.8 Å². The van der Waals surface area contributed by atoms with Crippen molar-refractivity contribution in [1.29, 1.82) is 0 Å². The molecule has 136 valence electrons. The van der Waals surface area contributed by atoms with E-state index < -0.39 is 0 Å². The molecule has 0 unspecified atom stereocenters. The van der Waals surface area contributed by atoms with E-state index in [1.165, 1.54) is 12.8 Å². The highest BCUT2D eigenvalue weighted by molar-refractivity contribution is 5.79. The smallest absolute Gasteiger partial charge is 0.223 e. The molecule has 1 aromatic heterocycles. The summed E-state index contributed by atoms with van der Waals surface area (Å²) in [6.45, 7) is 5.85. The Kier molecular flexibility index (Phi) is 5.01. The fourth-order valence-electron chi connectivity index (χ4n) is 3.65. The van der Waals surface area contributed by atoms with Crippen LogP contribution in [0.2, 0.25) is 0 Å². The molecule has 7 heteroatoms. The molecule has 1 amide bonds. The van der Waals surface area contributed by atoms with Gasteiger partial charge in [-0.05, 0) is 31.6 Å². The Morgan fingerprint density at radius 1 is 1.12 bits per heavy atom. The quantitative estimate of drug-likeness (QED) is 0.860. The molecule has 3 heterocycles. The van der Waals surface area contributed by atoms with Crippen LogP contribution in [0, 0.1) is 11.8 Å². The molecule has 1 aliphatic carbocycles. The number of anilines is 2. The second-order valence-electron chi connectivity index (χ2n) is 7.28. The lowest BCUT2D eigenvalue weighted by molar-refractivity contribution is -0.125. The summed E-state index contributed by atoms with van der Waals surface area (Å²) in [5, 5.41) is 3.13. The number of nitrogens with one attached hydrogen (secondary N) is 1. The molecule has 1 aromatic rings. The van der Waals surface area contributed by atoms with Gasteiger partial charge in [0, 0.05) is 38.6 Å². The van der Waals surface area contributed by atoms with E-state index in [4.69, 9.17) is 4.74 Å². The second kappa shape index (κ2) is 7.56. The van der Waals surface area contributed by atoms with Gasteiger partial charge in [0.15, 0.2) is 5.82 Å². The standard InChI is InChI=1S/C18H27N5O2/c24-18(20-11-14-1-2-14)15-3-5-22(6-4-15)16-12-19-13-21-17(16)23-7-9-25-10-8-23/h12-15H,1-11H2,(H,20,24). The fourth-order valence-corrected chi connectivity index (χ4v) is 3.65. The summed E-state index contributed by atoms with van der Waals surface area (Å²) in [6.07, 6.45) is 7.87. The highest BCUT2D eigenvalue weighted by Gasteiger charge is 2.29. The first-order valence-electron chi connectivity index (χ1n) is 9.46. The zero-order valence-corrected chi connectivity index (χ0v) is 14.7.